The van der Waals surface area contributed by atoms with Gasteiger partial charge in [-0.1, -0.05) is 48.9 Å². The third kappa shape index (κ3) is 3.33. The maximum atomic E-state index is 13.1. The summed E-state index contributed by atoms with van der Waals surface area (Å²) in [5, 5.41) is 3.73. The molecular formula is C22H22ClN3O. The Bertz CT molecular complexity index is 948. The molecule has 27 heavy (non-hydrogen) atoms. The average Bonchev–Trinajstić information content (AvgIpc) is 3.11. The number of carbonyl (C=O) groups is 1. The number of aromatic nitrogens is 1. The van der Waals surface area contributed by atoms with Gasteiger partial charge in [-0.3, -0.25) is 0 Å². The smallest absolute Gasteiger partial charge is 0.318 e. The Labute approximate surface area is 164 Å². The number of amides is 2. The monoisotopic (exact) mass is 379 g/mol. The molecule has 138 valence electrons. The van der Waals surface area contributed by atoms with Crippen LogP contribution in [0.15, 0.2) is 66.9 Å². The number of fused-ring (bicyclic) bond motifs is 3. The normalized spacial score (nSPS) is 15.6. The molecule has 1 aliphatic heterocycles. The molecule has 3 aromatic rings. The van der Waals surface area contributed by atoms with E-state index in [1.54, 1.807) is 0 Å². The lowest BCUT2D eigenvalue weighted by Gasteiger charge is -2.31. The van der Waals surface area contributed by atoms with Crippen LogP contribution in [0.5, 0.6) is 0 Å². The van der Waals surface area contributed by atoms with E-state index < -0.39 is 0 Å². The van der Waals surface area contributed by atoms with Crippen molar-refractivity contribution in [1.82, 2.24) is 14.8 Å². The number of nitrogens with zero attached hydrogens (tertiary/aromatic N) is 2. The molecule has 0 spiro atoms. The van der Waals surface area contributed by atoms with Crippen LogP contribution < -0.4 is 5.32 Å². The molecule has 0 radical (unpaired) electrons. The van der Waals surface area contributed by atoms with Crippen molar-refractivity contribution >= 4 is 17.6 Å². The van der Waals surface area contributed by atoms with Crippen molar-refractivity contribution in [2.75, 3.05) is 6.54 Å². The summed E-state index contributed by atoms with van der Waals surface area (Å²) in [6.45, 7) is 3.26. The van der Waals surface area contributed by atoms with E-state index in [2.05, 4.69) is 41.2 Å². The van der Waals surface area contributed by atoms with E-state index in [4.69, 9.17) is 11.6 Å². The SMILES string of the molecule is CCCNC(=O)N1Cc2ccccc2-n2cccc2[C@H]1c1ccc(Cl)cc1. The van der Waals surface area contributed by atoms with Gasteiger partial charge in [0.15, 0.2) is 0 Å². The summed E-state index contributed by atoms with van der Waals surface area (Å²) in [6, 6.07) is 19.9. The highest BCUT2D eigenvalue weighted by molar-refractivity contribution is 6.30. The molecule has 0 saturated carbocycles. The van der Waals surface area contributed by atoms with Crippen molar-refractivity contribution in [1.29, 1.82) is 0 Å². The number of benzene rings is 2. The summed E-state index contributed by atoms with van der Waals surface area (Å²) in [5.41, 5.74) is 4.34. The van der Waals surface area contributed by atoms with Gasteiger partial charge in [0.25, 0.3) is 0 Å². The highest BCUT2D eigenvalue weighted by atomic mass is 35.5. The Morgan fingerprint density at radius 1 is 1.11 bits per heavy atom. The first-order valence-corrected chi connectivity index (χ1v) is 9.62. The number of rotatable bonds is 3. The van der Waals surface area contributed by atoms with E-state index in [1.165, 1.54) is 0 Å². The van der Waals surface area contributed by atoms with Crippen molar-refractivity contribution < 1.29 is 4.79 Å². The molecule has 1 aliphatic rings. The fourth-order valence-corrected chi connectivity index (χ4v) is 3.79. The van der Waals surface area contributed by atoms with Crippen LogP contribution in [0, 0.1) is 0 Å². The van der Waals surface area contributed by atoms with Crippen LogP contribution in [0.3, 0.4) is 0 Å². The van der Waals surface area contributed by atoms with Gasteiger partial charge in [-0.15, -0.1) is 0 Å². The Morgan fingerprint density at radius 2 is 1.89 bits per heavy atom. The Balaban J connectivity index is 1.87. The molecule has 2 heterocycles. The molecule has 0 saturated heterocycles. The van der Waals surface area contributed by atoms with Crippen molar-refractivity contribution in [3.8, 4) is 5.69 Å². The third-order valence-electron chi connectivity index (χ3n) is 4.94. The molecule has 0 aliphatic carbocycles. The van der Waals surface area contributed by atoms with Crippen molar-refractivity contribution in [3.05, 3.63) is 88.7 Å². The molecule has 1 aromatic heterocycles. The summed E-state index contributed by atoms with van der Waals surface area (Å²) < 4.78 is 2.18. The van der Waals surface area contributed by atoms with Crippen LogP contribution in [-0.2, 0) is 6.54 Å². The zero-order valence-electron chi connectivity index (χ0n) is 15.2. The van der Waals surface area contributed by atoms with E-state index in [0.29, 0.717) is 18.1 Å². The van der Waals surface area contributed by atoms with E-state index in [1.807, 2.05) is 47.4 Å². The van der Waals surface area contributed by atoms with Gasteiger partial charge < -0.3 is 14.8 Å². The minimum atomic E-state index is -0.193. The molecule has 1 atom stereocenters. The quantitative estimate of drug-likeness (QED) is 0.670. The predicted molar refractivity (Wildman–Crippen MR) is 108 cm³/mol. The standard InChI is InChI=1S/C22H22ClN3O/c1-2-13-24-22(27)26-15-17-6-3-4-7-19(17)25-14-5-8-20(25)21(26)16-9-11-18(23)12-10-16/h3-12,14,21H,2,13,15H2,1H3,(H,24,27)/t21-/m1/s1. The minimum absolute atomic E-state index is 0.0544. The molecule has 5 heteroatoms. The third-order valence-corrected chi connectivity index (χ3v) is 5.19. The van der Waals surface area contributed by atoms with Crippen molar-refractivity contribution in [3.63, 3.8) is 0 Å². The van der Waals surface area contributed by atoms with E-state index in [9.17, 15) is 4.79 Å². The summed E-state index contributed by atoms with van der Waals surface area (Å²) in [5.74, 6) is 0. The van der Waals surface area contributed by atoms with Gasteiger partial charge in [-0.25, -0.2) is 4.79 Å². The number of urea groups is 1. The number of halogens is 1. The maximum Gasteiger partial charge on any atom is 0.318 e. The van der Waals surface area contributed by atoms with Gasteiger partial charge in [0.2, 0.25) is 0 Å². The van der Waals surface area contributed by atoms with Crippen LogP contribution in [0.2, 0.25) is 5.02 Å². The Hall–Kier alpha value is -2.72. The fourth-order valence-electron chi connectivity index (χ4n) is 3.67. The zero-order chi connectivity index (χ0) is 18.8. The van der Waals surface area contributed by atoms with Crippen molar-refractivity contribution in [2.24, 2.45) is 0 Å². The zero-order valence-corrected chi connectivity index (χ0v) is 16.0. The molecule has 0 unspecified atom stereocenters. The van der Waals surface area contributed by atoms with Crippen LogP contribution >= 0.6 is 11.6 Å². The van der Waals surface area contributed by atoms with Gasteiger partial charge in [0.1, 0.15) is 0 Å². The second kappa shape index (κ2) is 7.49. The van der Waals surface area contributed by atoms with Gasteiger partial charge in [-0.2, -0.15) is 0 Å². The van der Waals surface area contributed by atoms with Gasteiger partial charge in [0.05, 0.1) is 18.3 Å². The second-order valence-electron chi connectivity index (χ2n) is 6.75. The topological polar surface area (TPSA) is 37.3 Å². The number of nitrogens with one attached hydrogen (secondary N) is 1. The van der Waals surface area contributed by atoms with E-state index in [-0.39, 0.29) is 12.1 Å². The maximum absolute atomic E-state index is 13.1. The minimum Gasteiger partial charge on any atom is -0.338 e. The molecule has 2 aromatic carbocycles. The molecule has 0 fully saturated rings. The summed E-state index contributed by atoms with van der Waals surface area (Å²) >= 11 is 6.10. The van der Waals surface area contributed by atoms with E-state index >= 15 is 0 Å². The lowest BCUT2D eigenvalue weighted by molar-refractivity contribution is 0.180. The number of carbonyl (C=O) groups excluding carboxylic acids is 1. The predicted octanol–water partition coefficient (Wildman–Crippen LogP) is 5.16. The largest absolute Gasteiger partial charge is 0.338 e. The summed E-state index contributed by atoms with van der Waals surface area (Å²) in [4.78, 5) is 15.0. The van der Waals surface area contributed by atoms with Gasteiger partial charge in [0, 0.05) is 23.5 Å². The lowest BCUT2D eigenvalue weighted by Crippen LogP contribution is -2.42. The molecule has 4 rings (SSSR count). The molecule has 2 amide bonds. The first-order valence-electron chi connectivity index (χ1n) is 9.24. The summed E-state index contributed by atoms with van der Waals surface area (Å²) in [7, 11) is 0. The van der Waals surface area contributed by atoms with E-state index in [0.717, 1.165) is 28.9 Å². The highest BCUT2D eigenvalue weighted by Gasteiger charge is 2.32. The second-order valence-corrected chi connectivity index (χ2v) is 7.18. The first kappa shape index (κ1) is 17.7. The average molecular weight is 380 g/mol. The number of hydrogen-bond donors (Lipinski definition) is 1. The van der Waals surface area contributed by atoms with Gasteiger partial charge >= 0.3 is 6.03 Å². The first-order chi connectivity index (χ1) is 13.2. The fraction of sp³-hybridized carbons (Fsp3) is 0.227. The Morgan fingerprint density at radius 3 is 2.67 bits per heavy atom. The number of para-hydroxylation sites is 1. The van der Waals surface area contributed by atoms with Crippen molar-refractivity contribution in [2.45, 2.75) is 25.9 Å². The number of hydrogen-bond acceptors (Lipinski definition) is 1. The summed E-state index contributed by atoms with van der Waals surface area (Å²) in [6.07, 6.45) is 2.96. The molecule has 0 bridgehead atoms. The molecular weight excluding hydrogens is 358 g/mol. The highest BCUT2D eigenvalue weighted by Crippen LogP contribution is 2.36. The Kier molecular flexibility index (Phi) is 4.90. The molecule has 4 nitrogen and oxygen atoms in total. The van der Waals surface area contributed by atoms with Crippen LogP contribution in [0.1, 0.15) is 36.2 Å². The van der Waals surface area contributed by atoms with Crippen LogP contribution in [-0.4, -0.2) is 22.0 Å². The lowest BCUT2D eigenvalue weighted by atomic mass is 10.0. The van der Waals surface area contributed by atoms with Crippen LogP contribution in [0.25, 0.3) is 5.69 Å². The van der Waals surface area contributed by atoms with Crippen LogP contribution in [0.4, 0.5) is 4.79 Å². The molecule has 1 N–H and O–H groups in total. The van der Waals surface area contributed by atoms with Gasteiger partial charge in [-0.05, 0) is 47.9 Å².